The molecule has 1 unspecified atom stereocenters. The molecular formula is C20H25BrN4O3. The molecule has 1 aromatic heterocycles. The summed E-state index contributed by atoms with van der Waals surface area (Å²) >= 11 is 3.30. The van der Waals surface area contributed by atoms with E-state index in [2.05, 4.69) is 31.5 Å². The molecule has 8 heteroatoms. The van der Waals surface area contributed by atoms with E-state index in [0.717, 1.165) is 22.2 Å². The van der Waals surface area contributed by atoms with Crippen molar-refractivity contribution >= 4 is 33.6 Å². The molecule has 2 aromatic rings. The number of anilines is 1. The fourth-order valence-electron chi connectivity index (χ4n) is 2.47. The van der Waals surface area contributed by atoms with Gasteiger partial charge in [-0.25, -0.2) is 4.98 Å². The van der Waals surface area contributed by atoms with Gasteiger partial charge in [0.25, 0.3) is 0 Å². The monoisotopic (exact) mass is 448 g/mol. The summed E-state index contributed by atoms with van der Waals surface area (Å²) < 4.78 is 5.97. The lowest BCUT2D eigenvalue weighted by Gasteiger charge is -2.23. The topological polar surface area (TPSA) is 83.6 Å². The lowest BCUT2D eigenvalue weighted by molar-refractivity contribution is -0.126. The quantitative estimate of drug-likeness (QED) is 0.615. The van der Waals surface area contributed by atoms with Gasteiger partial charge in [-0.2, -0.15) is 0 Å². The number of carbonyl (C=O) groups excluding carboxylic acids is 2. The number of benzene rings is 1. The van der Waals surface area contributed by atoms with Crippen molar-refractivity contribution in [3.05, 3.63) is 52.6 Å². The molecule has 2 rings (SSSR count). The highest BCUT2D eigenvalue weighted by Gasteiger charge is 2.20. The standard InChI is InChI=1S/C20H25BrN4O3/c1-14(20(27)22-11-10-15-4-7-17(28-3)8-5-15)25(2)13-19(26)24-18-9-6-16(21)12-23-18/h4-9,12,14H,10-11,13H2,1-3H3,(H,22,27)(H,23,24,26). The molecule has 2 N–H and O–H groups in total. The molecule has 150 valence electrons. The predicted molar refractivity (Wildman–Crippen MR) is 112 cm³/mol. The van der Waals surface area contributed by atoms with Crippen LogP contribution in [0.4, 0.5) is 5.82 Å². The Hall–Kier alpha value is -2.45. The third-order valence-electron chi connectivity index (χ3n) is 4.30. The van der Waals surface area contributed by atoms with Crippen LogP contribution in [0.1, 0.15) is 12.5 Å². The molecule has 7 nitrogen and oxygen atoms in total. The van der Waals surface area contributed by atoms with Gasteiger partial charge >= 0.3 is 0 Å². The lowest BCUT2D eigenvalue weighted by atomic mass is 10.1. The zero-order valence-electron chi connectivity index (χ0n) is 16.2. The highest BCUT2D eigenvalue weighted by molar-refractivity contribution is 9.10. The van der Waals surface area contributed by atoms with Crippen LogP contribution in [0.2, 0.25) is 0 Å². The maximum Gasteiger partial charge on any atom is 0.239 e. The highest BCUT2D eigenvalue weighted by atomic mass is 79.9. The normalized spacial score (nSPS) is 11.8. The fourth-order valence-corrected chi connectivity index (χ4v) is 2.70. The van der Waals surface area contributed by atoms with Crippen LogP contribution in [0.15, 0.2) is 47.1 Å². The van der Waals surface area contributed by atoms with Gasteiger partial charge in [0.15, 0.2) is 0 Å². The molecule has 0 aliphatic carbocycles. The molecule has 0 fully saturated rings. The molecule has 1 aromatic carbocycles. The Morgan fingerprint density at radius 3 is 2.54 bits per heavy atom. The minimum atomic E-state index is -0.431. The predicted octanol–water partition coefficient (Wildman–Crippen LogP) is 2.47. The van der Waals surface area contributed by atoms with E-state index in [4.69, 9.17) is 4.74 Å². The molecule has 0 aliphatic rings. The summed E-state index contributed by atoms with van der Waals surface area (Å²) in [7, 11) is 3.37. The van der Waals surface area contributed by atoms with E-state index < -0.39 is 6.04 Å². The number of amides is 2. The Balaban J connectivity index is 1.74. The Bertz CT molecular complexity index is 781. The number of halogens is 1. The Labute approximate surface area is 173 Å². The van der Waals surface area contributed by atoms with Crippen molar-refractivity contribution in [1.29, 1.82) is 0 Å². The number of hydrogen-bond donors (Lipinski definition) is 2. The van der Waals surface area contributed by atoms with E-state index in [1.54, 1.807) is 44.3 Å². The van der Waals surface area contributed by atoms with E-state index in [9.17, 15) is 9.59 Å². The summed E-state index contributed by atoms with van der Waals surface area (Å²) in [5.74, 6) is 0.929. The van der Waals surface area contributed by atoms with Crippen molar-refractivity contribution in [2.75, 3.05) is 32.6 Å². The number of aromatic nitrogens is 1. The van der Waals surface area contributed by atoms with Gasteiger partial charge in [0.2, 0.25) is 11.8 Å². The number of ether oxygens (including phenoxy) is 1. The first-order valence-electron chi connectivity index (χ1n) is 8.91. The van der Waals surface area contributed by atoms with E-state index >= 15 is 0 Å². The molecule has 0 radical (unpaired) electrons. The number of hydrogen-bond acceptors (Lipinski definition) is 5. The van der Waals surface area contributed by atoms with Gasteiger partial charge < -0.3 is 15.4 Å². The number of carbonyl (C=O) groups is 2. The number of nitrogens with one attached hydrogen (secondary N) is 2. The van der Waals surface area contributed by atoms with E-state index in [0.29, 0.717) is 12.4 Å². The molecule has 1 heterocycles. The number of nitrogens with zero attached hydrogens (tertiary/aromatic N) is 2. The lowest BCUT2D eigenvalue weighted by Crippen LogP contribution is -2.46. The second-order valence-corrected chi connectivity index (χ2v) is 7.31. The molecule has 0 saturated carbocycles. The Morgan fingerprint density at radius 2 is 1.93 bits per heavy atom. The van der Waals surface area contributed by atoms with E-state index in [1.807, 2.05) is 24.3 Å². The zero-order valence-corrected chi connectivity index (χ0v) is 17.8. The first kappa shape index (κ1) is 21.8. The van der Waals surface area contributed by atoms with Crippen LogP contribution in [-0.4, -0.2) is 55.0 Å². The molecule has 0 aliphatic heterocycles. The highest BCUT2D eigenvalue weighted by Crippen LogP contribution is 2.12. The maximum absolute atomic E-state index is 12.3. The van der Waals surface area contributed by atoms with Crippen LogP contribution in [0.5, 0.6) is 5.75 Å². The van der Waals surface area contributed by atoms with Crippen LogP contribution < -0.4 is 15.4 Å². The van der Waals surface area contributed by atoms with E-state index in [1.165, 1.54) is 0 Å². The van der Waals surface area contributed by atoms with Crippen molar-refractivity contribution in [1.82, 2.24) is 15.2 Å². The van der Waals surface area contributed by atoms with Crippen molar-refractivity contribution < 1.29 is 14.3 Å². The smallest absolute Gasteiger partial charge is 0.239 e. The number of likely N-dealkylation sites (N-methyl/N-ethyl adjacent to an activating group) is 1. The van der Waals surface area contributed by atoms with Gasteiger partial charge in [-0.15, -0.1) is 0 Å². The van der Waals surface area contributed by atoms with Gasteiger partial charge in [-0.05, 0) is 66.2 Å². The van der Waals surface area contributed by atoms with Crippen molar-refractivity contribution in [3.63, 3.8) is 0 Å². The fraction of sp³-hybridized carbons (Fsp3) is 0.350. The summed E-state index contributed by atoms with van der Waals surface area (Å²) in [6, 6.07) is 10.8. The third-order valence-corrected chi connectivity index (χ3v) is 4.77. The first-order chi connectivity index (χ1) is 13.4. The van der Waals surface area contributed by atoms with Crippen LogP contribution >= 0.6 is 15.9 Å². The number of pyridine rings is 1. The second kappa shape index (κ2) is 10.8. The Morgan fingerprint density at radius 1 is 1.21 bits per heavy atom. The minimum absolute atomic E-state index is 0.0881. The van der Waals surface area contributed by atoms with Gasteiger partial charge in [0.1, 0.15) is 11.6 Å². The van der Waals surface area contributed by atoms with Gasteiger partial charge in [-0.1, -0.05) is 12.1 Å². The molecule has 0 spiro atoms. The summed E-state index contributed by atoms with van der Waals surface area (Å²) in [6.07, 6.45) is 2.33. The van der Waals surface area contributed by atoms with Crippen molar-refractivity contribution in [2.24, 2.45) is 0 Å². The molecular weight excluding hydrogens is 424 g/mol. The summed E-state index contributed by atoms with van der Waals surface area (Å²) in [6.45, 7) is 2.39. The summed E-state index contributed by atoms with van der Waals surface area (Å²) in [5.41, 5.74) is 1.11. The molecule has 0 bridgehead atoms. The van der Waals surface area contributed by atoms with Crippen molar-refractivity contribution in [3.8, 4) is 5.75 Å². The Kier molecular flexibility index (Phi) is 8.41. The third kappa shape index (κ3) is 6.94. The van der Waals surface area contributed by atoms with Gasteiger partial charge in [-0.3, -0.25) is 14.5 Å². The van der Waals surface area contributed by atoms with Crippen LogP contribution in [0.25, 0.3) is 0 Å². The first-order valence-corrected chi connectivity index (χ1v) is 9.70. The van der Waals surface area contributed by atoms with Crippen LogP contribution in [0.3, 0.4) is 0 Å². The average molecular weight is 449 g/mol. The van der Waals surface area contributed by atoms with E-state index in [-0.39, 0.29) is 18.4 Å². The number of methoxy groups -OCH3 is 1. The van der Waals surface area contributed by atoms with Gasteiger partial charge in [0.05, 0.1) is 19.7 Å². The number of rotatable bonds is 9. The zero-order chi connectivity index (χ0) is 20.5. The van der Waals surface area contributed by atoms with Crippen LogP contribution in [-0.2, 0) is 16.0 Å². The molecule has 2 amide bonds. The van der Waals surface area contributed by atoms with Crippen LogP contribution in [0, 0.1) is 0 Å². The van der Waals surface area contributed by atoms with Crippen molar-refractivity contribution in [2.45, 2.75) is 19.4 Å². The minimum Gasteiger partial charge on any atom is -0.497 e. The second-order valence-electron chi connectivity index (χ2n) is 6.39. The molecule has 0 saturated heterocycles. The molecule has 1 atom stereocenters. The summed E-state index contributed by atoms with van der Waals surface area (Å²) in [5, 5.41) is 5.62. The molecule has 28 heavy (non-hydrogen) atoms. The summed E-state index contributed by atoms with van der Waals surface area (Å²) in [4.78, 5) is 30.3. The van der Waals surface area contributed by atoms with Gasteiger partial charge in [0, 0.05) is 17.2 Å². The average Bonchev–Trinajstić information content (AvgIpc) is 2.69. The SMILES string of the molecule is COc1ccc(CCNC(=O)C(C)N(C)CC(=O)Nc2ccc(Br)cn2)cc1. The maximum atomic E-state index is 12.3. The largest absolute Gasteiger partial charge is 0.497 e.